The van der Waals surface area contributed by atoms with Crippen molar-refractivity contribution in [2.45, 2.75) is 367 Å². The van der Waals surface area contributed by atoms with E-state index >= 15 is 0 Å². The van der Waals surface area contributed by atoms with Crippen molar-refractivity contribution in [2.75, 3.05) is 13.2 Å². The van der Waals surface area contributed by atoms with Crippen LogP contribution in [0.15, 0.2) is 48.6 Å². The van der Waals surface area contributed by atoms with Crippen molar-refractivity contribution in [3.63, 3.8) is 0 Å². The van der Waals surface area contributed by atoms with Gasteiger partial charge in [0.25, 0.3) is 0 Å². The molecular weight excluding hydrogens is 937 g/mol. The second kappa shape index (κ2) is 64.9. The molecule has 76 heavy (non-hydrogen) atoms. The Kier molecular flexibility index (Phi) is 62.6. The lowest BCUT2D eigenvalue weighted by atomic mass is 10.0. The standard InChI is InChI=1S/C70H128O6/c1-4-7-10-13-16-18-20-22-24-26-28-29-30-31-32-33-34-35-36-37-38-39-40-41-43-44-46-48-50-52-54-57-60-63-69(72)75-66-67(65-74-68(71)62-59-56-15-12-9-6-3)76-70(73)64-61-58-55-53-51-49-47-45-42-27-25-23-21-19-17-14-11-8-5-2/h17,19,23,25-26,28,42,45,67H,4-16,18,20-22,24,27,29-41,43-44,46-66H2,1-3H3/b19-17-,25-23-,28-26-,45-42-. The molecule has 0 aromatic heterocycles. The van der Waals surface area contributed by atoms with Crippen LogP contribution in [0.1, 0.15) is 361 Å². The lowest BCUT2D eigenvalue weighted by Crippen LogP contribution is -2.30. The molecule has 0 aliphatic heterocycles. The smallest absolute Gasteiger partial charge is 0.306 e. The molecule has 0 saturated heterocycles. The van der Waals surface area contributed by atoms with Crippen molar-refractivity contribution < 1.29 is 28.6 Å². The van der Waals surface area contributed by atoms with Crippen molar-refractivity contribution in [2.24, 2.45) is 0 Å². The van der Waals surface area contributed by atoms with Crippen LogP contribution in [-0.2, 0) is 28.6 Å². The number of unbranched alkanes of at least 4 members (excludes halogenated alkanes) is 43. The molecule has 6 heteroatoms. The molecule has 0 spiro atoms. The summed E-state index contributed by atoms with van der Waals surface area (Å²) in [4.78, 5) is 38.0. The molecule has 0 fully saturated rings. The molecule has 6 nitrogen and oxygen atoms in total. The Bertz CT molecular complexity index is 1310. The summed E-state index contributed by atoms with van der Waals surface area (Å²) in [6, 6.07) is 0. The van der Waals surface area contributed by atoms with E-state index in [1.165, 1.54) is 244 Å². The highest BCUT2D eigenvalue weighted by Crippen LogP contribution is 2.18. The van der Waals surface area contributed by atoms with Crippen LogP contribution < -0.4 is 0 Å². The van der Waals surface area contributed by atoms with Crippen LogP contribution in [0.25, 0.3) is 0 Å². The Morgan fingerprint density at radius 3 is 0.776 bits per heavy atom. The van der Waals surface area contributed by atoms with E-state index in [4.69, 9.17) is 14.2 Å². The van der Waals surface area contributed by atoms with Gasteiger partial charge in [0.2, 0.25) is 0 Å². The number of hydrogen-bond donors (Lipinski definition) is 0. The average molecular weight is 1070 g/mol. The van der Waals surface area contributed by atoms with Crippen LogP contribution in [0.3, 0.4) is 0 Å². The predicted octanol–water partition coefficient (Wildman–Crippen LogP) is 22.9. The monoisotopic (exact) mass is 1060 g/mol. The van der Waals surface area contributed by atoms with Crippen LogP contribution >= 0.6 is 0 Å². The molecule has 0 heterocycles. The van der Waals surface area contributed by atoms with Gasteiger partial charge in [0, 0.05) is 19.3 Å². The third-order valence-corrected chi connectivity index (χ3v) is 15.1. The summed E-state index contributed by atoms with van der Waals surface area (Å²) in [7, 11) is 0. The minimum absolute atomic E-state index is 0.0749. The fourth-order valence-electron chi connectivity index (χ4n) is 9.98. The SMILES string of the molecule is CCCCC/C=C\C/C=C\C/C=C\CCCCCCCCC(=O)OC(COC(=O)CCCCCCCC)COC(=O)CCCCCCCCCCCCCCCCCCCCCCC/C=C\CCCCCCCCCC. The molecule has 0 saturated carbocycles. The number of carbonyl (C=O) groups is 3. The molecule has 0 rings (SSSR count). The van der Waals surface area contributed by atoms with Gasteiger partial charge in [0.1, 0.15) is 13.2 Å². The van der Waals surface area contributed by atoms with E-state index in [1.54, 1.807) is 0 Å². The van der Waals surface area contributed by atoms with Crippen molar-refractivity contribution in [1.82, 2.24) is 0 Å². The van der Waals surface area contributed by atoms with Gasteiger partial charge in [-0.2, -0.15) is 0 Å². The highest BCUT2D eigenvalue weighted by molar-refractivity contribution is 5.71. The maximum Gasteiger partial charge on any atom is 0.306 e. The van der Waals surface area contributed by atoms with Crippen molar-refractivity contribution >= 4 is 17.9 Å². The lowest BCUT2D eigenvalue weighted by molar-refractivity contribution is -0.167. The van der Waals surface area contributed by atoms with Crippen LogP contribution in [0, 0.1) is 0 Å². The molecule has 444 valence electrons. The number of esters is 3. The van der Waals surface area contributed by atoms with Gasteiger partial charge < -0.3 is 14.2 Å². The summed E-state index contributed by atoms with van der Waals surface area (Å²) >= 11 is 0. The first-order chi connectivity index (χ1) is 37.5. The van der Waals surface area contributed by atoms with Gasteiger partial charge in [-0.1, -0.05) is 307 Å². The van der Waals surface area contributed by atoms with Gasteiger partial charge in [-0.15, -0.1) is 0 Å². The first kappa shape index (κ1) is 73.4. The molecule has 0 aromatic rings. The summed E-state index contributed by atoms with van der Waals surface area (Å²) in [6.07, 6.45) is 81.8. The first-order valence-electron chi connectivity index (χ1n) is 33.6. The molecule has 0 radical (unpaired) electrons. The molecule has 1 atom stereocenters. The van der Waals surface area contributed by atoms with E-state index in [0.717, 1.165) is 77.0 Å². The molecule has 0 N–H and O–H groups in total. The maximum atomic E-state index is 12.8. The second-order valence-electron chi connectivity index (χ2n) is 22.7. The quantitative estimate of drug-likeness (QED) is 0.0261. The fourth-order valence-corrected chi connectivity index (χ4v) is 9.98. The van der Waals surface area contributed by atoms with Crippen LogP contribution in [0.5, 0.6) is 0 Å². The highest BCUT2D eigenvalue weighted by atomic mass is 16.6. The van der Waals surface area contributed by atoms with E-state index in [0.29, 0.717) is 19.3 Å². The Morgan fingerprint density at radius 2 is 0.474 bits per heavy atom. The van der Waals surface area contributed by atoms with Crippen LogP contribution in [0.4, 0.5) is 0 Å². The van der Waals surface area contributed by atoms with Crippen LogP contribution in [-0.4, -0.2) is 37.2 Å². The van der Waals surface area contributed by atoms with Crippen LogP contribution in [0.2, 0.25) is 0 Å². The second-order valence-corrected chi connectivity index (χ2v) is 22.7. The molecule has 0 bridgehead atoms. The third-order valence-electron chi connectivity index (χ3n) is 15.1. The van der Waals surface area contributed by atoms with E-state index < -0.39 is 6.10 Å². The maximum absolute atomic E-state index is 12.8. The number of carbonyl (C=O) groups excluding carboxylic acids is 3. The van der Waals surface area contributed by atoms with Crippen molar-refractivity contribution in [3.05, 3.63) is 48.6 Å². The molecule has 0 aliphatic carbocycles. The minimum atomic E-state index is -0.776. The van der Waals surface area contributed by atoms with Gasteiger partial charge in [-0.3, -0.25) is 14.4 Å². The zero-order valence-electron chi connectivity index (χ0n) is 51.0. The largest absolute Gasteiger partial charge is 0.462 e. The average Bonchev–Trinajstić information content (AvgIpc) is 3.42. The molecular formula is C70H128O6. The highest BCUT2D eigenvalue weighted by Gasteiger charge is 2.19. The molecule has 1 unspecified atom stereocenters. The molecule has 0 aliphatic rings. The number of hydrogen-bond acceptors (Lipinski definition) is 6. The Morgan fingerprint density at radius 1 is 0.263 bits per heavy atom. The summed E-state index contributed by atoms with van der Waals surface area (Å²) in [5, 5.41) is 0. The van der Waals surface area contributed by atoms with Gasteiger partial charge in [0.05, 0.1) is 0 Å². The summed E-state index contributed by atoms with van der Waals surface area (Å²) < 4.78 is 16.8. The fraction of sp³-hybridized carbons (Fsp3) is 0.843. The Labute approximate surface area is 473 Å². The summed E-state index contributed by atoms with van der Waals surface area (Å²) in [6.45, 7) is 6.59. The number of ether oxygens (including phenoxy) is 3. The normalized spacial score (nSPS) is 12.3. The van der Waals surface area contributed by atoms with E-state index in [-0.39, 0.29) is 31.1 Å². The predicted molar refractivity (Wildman–Crippen MR) is 330 cm³/mol. The summed E-state index contributed by atoms with van der Waals surface area (Å²) in [5.41, 5.74) is 0. The zero-order chi connectivity index (χ0) is 55.0. The van der Waals surface area contributed by atoms with Crippen molar-refractivity contribution in [1.29, 1.82) is 0 Å². The third kappa shape index (κ3) is 62.2. The number of allylic oxidation sites excluding steroid dienone is 8. The van der Waals surface area contributed by atoms with Gasteiger partial charge >= 0.3 is 17.9 Å². The topological polar surface area (TPSA) is 78.9 Å². The minimum Gasteiger partial charge on any atom is -0.462 e. The van der Waals surface area contributed by atoms with E-state index in [2.05, 4.69) is 69.4 Å². The molecule has 0 amide bonds. The van der Waals surface area contributed by atoms with Gasteiger partial charge in [0.15, 0.2) is 6.10 Å². The zero-order valence-corrected chi connectivity index (χ0v) is 51.0. The Hall–Kier alpha value is -2.63. The molecule has 0 aromatic carbocycles. The Balaban J connectivity index is 3.96. The van der Waals surface area contributed by atoms with Gasteiger partial charge in [-0.25, -0.2) is 0 Å². The van der Waals surface area contributed by atoms with Crippen molar-refractivity contribution in [3.8, 4) is 0 Å². The number of rotatable bonds is 62. The summed E-state index contributed by atoms with van der Waals surface area (Å²) in [5.74, 6) is -0.880. The first-order valence-corrected chi connectivity index (χ1v) is 33.6. The van der Waals surface area contributed by atoms with Gasteiger partial charge in [-0.05, 0) is 83.5 Å². The van der Waals surface area contributed by atoms with E-state index in [1.807, 2.05) is 0 Å². The lowest BCUT2D eigenvalue weighted by Gasteiger charge is -2.18. The van der Waals surface area contributed by atoms with E-state index in [9.17, 15) is 14.4 Å².